The van der Waals surface area contributed by atoms with Crippen molar-refractivity contribution in [2.24, 2.45) is 0 Å². The van der Waals surface area contributed by atoms with Crippen LogP contribution in [0.5, 0.6) is 5.75 Å². The molecule has 8 heteroatoms. The van der Waals surface area contributed by atoms with E-state index in [9.17, 15) is 24.4 Å². The summed E-state index contributed by atoms with van der Waals surface area (Å²) >= 11 is 5.86. The van der Waals surface area contributed by atoms with Crippen molar-refractivity contribution in [3.63, 3.8) is 0 Å². The van der Waals surface area contributed by atoms with Crippen molar-refractivity contribution < 1.29 is 19.2 Å². The van der Waals surface area contributed by atoms with Gasteiger partial charge >= 0.3 is 0 Å². The highest BCUT2D eigenvalue weighted by Gasteiger charge is 2.28. The number of hydrogen-bond donors (Lipinski definition) is 2. The van der Waals surface area contributed by atoms with Crippen LogP contribution in [0.4, 0.5) is 10.1 Å². The maximum Gasteiger partial charge on any atom is 0.273 e. The highest BCUT2D eigenvalue weighted by Crippen LogP contribution is 2.35. The van der Waals surface area contributed by atoms with Gasteiger partial charge < -0.3 is 10.4 Å². The molecule has 0 heterocycles. The first-order chi connectivity index (χ1) is 11.4. The molecule has 0 aliphatic heterocycles. The van der Waals surface area contributed by atoms with Crippen LogP contribution in [0.3, 0.4) is 0 Å². The van der Waals surface area contributed by atoms with Crippen LogP contribution in [0.25, 0.3) is 0 Å². The Morgan fingerprint density at radius 2 is 2.12 bits per heavy atom. The normalized spacial score (nSPS) is 15.8. The monoisotopic (exact) mass is 350 g/mol. The summed E-state index contributed by atoms with van der Waals surface area (Å²) in [7, 11) is 0. The fraction of sp³-hybridized carbons (Fsp3) is 0.188. The minimum Gasteiger partial charge on any atom is -0.507 e. The topological polar surface area (TPSA) is 92.5 Å². The third-order valence-electron chi connectivity index (χ3n) is 4.00. The number of nitrogens with zero attached hydrogens (tertiary/aromatic N) is 1. The minimum atomic E-state index is -0.667. The van der Waals surface area contributed by atoms with Gasteiger partial charge in [0, 0.05) is 11.1 Å². The maximum atomic E-state index is 13.9. The van der Waals surface area contributed by atoms with Gasteiger partial charge in [-0.1, -0.05) is 11.6 Å². The molecule has 1 aliphatic carbocycles. The van der Waals surface area contributed by atoms with Crippen LogP contribution in [0.15, 0.2) is 30.3 Å². The summed E-state index contributed by atoms with van der Waals surface area (Å²) in [5.41, 5.74) is 0.716. The zero-order valence-corrected chi connectivity index (χ0v) is 13.0. The number of phenolic OH excluding ortho intramolecular Hbond substituents is 1. The molecule has 3 rings (SSSR count). The average Bonchev–Trinajstić information content (AvgIpc) is 2.90. The van der Waals surface area contributed by atoms with E-state index in [-0.39, 0.29) is 16.3 Å². The molecule has 1 amide bonds. The standard InChI is InChI=1S/C16H12ClFN2O4/c17-8-5-12-10(13(18)6-8)3-4-14(12)19-16(22)11-2-1-9(20(23)24)7-15(11)21/h1-2,5-7,14,21H,3-4H2,(H,19,22)/t14-/m1/s1. The molecule has 2 aromatic rings. The zero-order chi connectivity index (χ0) is 17.4. The van der Waals surface area contributed by atoms with E-state index < -0.39 is 28.4 Å². The Bertz CT molecular complexity index is 856. The van der Waals surface area contributed by atoms with Gasteiger partial charge in [0.2, 0.25) is 0 Å². The molecule has 124 valence electrons. The first kappa shape index (κ1) is 16.2. The number of nitro groups is 1. The number of aromatic hydroxyl groups is 1. The number of carbonyl (C=O) groups excluding carboxylic acids is 1. The molecule has 0 unspecified atom stereocenters. The van der Waals surface area contributed by atoms with Crippen molar-refractivity contribution in [1.29, 1.82) is 0 Å². The number of carbonyl (C=O) groups is 1. The van der Waals surface area contributed by atoms with E-state index in [1.807, 2.05) is 0 Å². The highest BCUT2D eigenvalue weighted by molar-refractivity contribution is 6.30. The van der Waals surface area contributed by atoms with E-state index in [1.165, 1.54) is 12.1 Å². The Balaban J connectivity index is 1.84. The van der Waals surface area contributed by atoms with Crippen molar-refractivity contribution in [2.75, 3.05) is 0 Å². The van der Waals surface area contributed by atoms with Gasteiger partial charge in [-0.15, -0.1) is 0 Å². The lowest BCUT2D eigenvalue weighted by atomic mass is 10.1. The predicted molar refractivity (Wildman–Crippen MR) is 84.7 cm³/mol. The second-order valence-corrected chi connectivity index (χ2v) is 5.92. The Kier molecular flexibility index (Phi) is 4.11. The molecule has 1 atom stereocenters. The van der Waals surface area contributed by atoms with Crippen molar-refractivity contribution in [3.05, 3.63) is 68.0 Å². The second kappa shape index (κ2) is 6.09. The number of hydrogen-bond acceptors (Lipinski definition) is 4. The number of non-ortho nitro benzene ring substituents is 1. The van der Waals surface area contributed by atoms with E-state index in [0.717, 1.165) is 12.1 Å². The highest BCUT2D eigenvalue weighted by atomic mass is 35.5. The van der Waals surface area contributed by atoms with E-state index in [0.29, 0.717) is 24.0 Å². The molecule has 0 saturated heterocycles. The first-order valence-electron chi connectivity index (χ1n) is 7.13. The largest absolute Gasteiger partial charge is 0.507 e. The van der Waals surface area contributed by atoms with Crippen molar-refractivity contribution in [1.82, 2.24) is 5.32 Å². The molecule has 24 heavy (non-hydrogen) atoms. The molecular formula is C16H12ClFN2O4. The number of amides is 1. The summed E-state index contributed by atoms with van der Waals surface area (Å²) in [6.45, 7) is 0. The van der Waals surface area contributed by atoms with Crippen molar-refractivity contribution in [2.45, 2.75) is 18.9 Å². The smallest absolute Gasteiger partial charge is 0.273 e. The fourth-order valence-electron chi connectivity index (χ4n) is 2.85. The summed E-state index contributed by atoms with van der Waals surface area (Å²) in [5, 5.41) is 23.4. The van der Waals surface area contributed by atoms with Gasteiger partial charge in [-0.25, -0.2) is 4.39 Å². The maximum absolute atomic E-state index is 13.9. The molecule has 2 aromatic carbocycles. The fourth-order valence-corrected chi connectivity index (χ4v) is 3.07. The minimum absolute atomic E-state index is 0.0865. The Hall–Kier alpha value is -2.67. The van der Waals surface area contributed by atoms with E-state index in [1.54, 1.807) is 6.07 Å². The lowest BCUT2D eigenvalue weighted by Gasteiger charge is -2.15. The third kappa shape index (κ3) is 2.90. The van der Waals surface area contributed by atoms with Gasteiger partial charge in [0.25, 0.3) is 11.6 Å². The van der Waals surface area contributed by atoms with Crippen LogP contribution < -0.4 is 5.32 Å². The number of rotatable bonds is 3. The van der Waals surface area contributed by atoms with Crippen LogP contribution in [0.2, 0.25) is 5.02 Å². The molecule has 0 aromatic heterocycles. The van der Waals surface area contributed by atoms with Gasteiger partial charge in [0.1, 0.15) is 11.6 Å². The predicted octanol–water partition coefficient (Wildman–Crippen LogP) is 3.51. The number of halogens is 2. The quantitative estimate of drug-likeness (QED) is 0.654. The van der Waals surface area contributed by atoms with Gasteiger partial charge in [-0.3, -0.25) is 14.9 Å². The van der Waals surface area contributed by atoms with E-state index >= 15 is 0 Å². The molecular weight excluding hydrogens is 339 g/mol. The Morgan fingerprint density at radius 3 is 2.79 bits per heavy atom. The lowest BCUT2D eigenvalue weighted by molar-refractivity contribution is -0.384. The molecule has 0 saturated carbocycles. The summed E-state index contributed by atoms with van der Waals surface area (Å²) < 4.78 is 13.9. The van der Waals surface area contributed by atoms with Gasteiger partial charge in [-0.2, -0.15) is 0 Å². The van der Waals surface area contributed by atoms with Crippen LogP contribution in [-0.2, 0) is 6.42 Å². The van der Waals surface area contributed by atoms with Crippen LogP contribution in [-0.4, -0.2) is 15.9 Å². The summed E-state index contributed by atoms with van der Waals surface area (Å²) in [4.78, 5) is 22.3. The summed E-state index contributed by atoms with van der Waals surface area (Å²) in [6, 6.07) is 5.62. The van der Waals surface area contributed by atoms with Crippen LogP contribution >= 0.6 is 11.6 Å². The SMILES string of the molecule is O=C(N[C@@H]1CCc2c(F)cc(Cl)cc21)c1ccc([N+](=O)[O-])cc1O. The van der Waals surface area contributed by atoms with E-state index in [4.69, 9.17) is 11.6 Å². The van der Waals surface area contributed by atoms with Gasteiger partial charge in [0.15, 0.2) is 0 Å². The molecule has 0 radical (unpaired) electrons. The number of fused-ring (bicyclic) bond motifs is 1. The number of nitrogens with one attached hydrogen (secondary N) is 1. The van der Waals surface area contributed by atoms with Crippen molar-refractivity contribution in [3.8, 4) is 5.75 Å². The molecule has 0 spiro atoms. The van der Waals surface area contributed by atoms with Gasteiger partial charge in [-0.05, 0) is 42.2 Å². The number of phenols is 1. The molecule has 0 fully saturated rings. The molecule has 6 nitrogen and oxygen atoms in total. The van der Waals surface area contributed by atoms with Gasteiger partial charge in [0.05, 0.1) is 22.6 Å². The van der Waals surface area contributed by atoms with Crippen molar-refractivity contribution >= 4 is 23.2 Å². The lowest BCUT2D eigenvalue weighted by Crippen LogP contribution is -2.27. The molecule has 2 N–H and O–H groups in total. The summed E-state index contributed by atoms with van der Waals surface area (Å²) in [5.74, 6) is -1.50. The summed E-state index contributed by atoms with van der Waals surface area (Å²) in [6.07, 6.45) is 0.974. The van der Waals surface area contributed by atoms with Crippen LogP contribution in [0, 0.1) is 15.9 Å². The van der Waals surface area contributed by atoms with Crippen LogP contribution in [0.1, 0.15) is 33.9 Å². The molecule has 1 aliphatic rings. The Labute approximate surface area is 141 Å². The Morgan fingerprint density at radius 1 is 1.38 bits per heavy atom. The first-order valence-corrected chi connectivity index (χ1v) is 7.50. The second-order valence-electron chi connectivity index (χ2n) is 5.48. The van der Waals surface area contributed by atoms with E-state index in [2.05, 4.69) is 5.32 Å². The average molecular weight is 351 g/mol. The zero-order valence-electron chi connectivity index (χ0n) is 12.3. The number of benzene rings is 2. The molecule has 0 bridgehead atoms. The third-order valence-corrected chi connectivity index (χ3v) is 4.21. The number of nitro benzene ring substituents is 1.